The molecule has 21 heavy (non-hydrogen) atoms. The van der Waals surface area contributed by atoms with E-state index >= 15 is 0 Å². The average Bonchev–Trinajstić information content (AvgIpc) is 2.81. The maximum absolute atomic E-state index is 10.9. The molecule has 0 atom stereocenters. The minimum Gasteiger partial charge on any atom is -0.480 e. The molecule has 1 N–H and O–H groups in total. The Bertz CT molecular complexity index is 672. The highest BCUT2D eigenvalue weighted by atomic mass is 16.5. The number of hydrogen-bond acceptors (Lipinski definition) is 4. The molecule has 0 bridgehead atoms. The molecule has 0 amide bonds. The number of pyridine rings is 1. The monoisotopic (exact) mass is 287 g/mol. The number of nitrogens with zero attached hydrogens (tertiary/aromatic N) is 3. The fourth-order valence-corrected chi connectivity index (χ4v) is 2.29. The number of ether oxygens (including phenoxy) is 1. The van der Waals surface area contributed by atoms with Gasteiger partial charge in [-0.25, -0.2) is 0 Å². The maximum Gasteiger partial charge on any atom is 0.317 e. The smallest absolute Gasteiger partial charge is 0.317 e. The van der Waals surface area contributed by atoms with Crippen molar-refractivity contribution in [2.75, 3.05) is 26.8 Å². The second-order valence-corrected chi connectivity index (χ2v) is 4.73. The van der Waals surface area contributed by atoms with Crippen LogP contribution >= 0.6 is 0 Å². The summed E-state index contributed by atoms with van der Waals surface area (Å²) in [7, 11) is 1.58. The number of hydrogen-bond donors (Lipinski definition) is 1. The van der Waals surface area contributed by atoms with Gasteiger partial charge in [-0.15, -0.1) is 0 Å². The third-order valence-corrected chi connectivity index (χ3v) is 3.24. The van der Waals surface area contributed by atoms with E-state index in [1.807, 2.05) is 35.0 Å². The van der Waals surface area contributed by atoms with Gasteiger partial charge in [-0.3, -0.25) is 9.69 Å². The van der Waals surface area contributed by atoms with E-state index < -0.39 is 5.97 Å². The maximum atomic E-state index is 10.9. The second kappa shape index (κ2) is 6.88. The van der Waals surface area contributed by atoms with Crippen LogP contribution in [0.25, 0.3) is 5.52 Å². The van der Waals surface area contributed by atoms with Crippen molar-refractivity contribution in [3.63, 3.8) is 0 Å². The Kier molecular flexibility index (Phi) is 4.93. The van der Waals surface area contributed by atoms with Crippen LogP contribution in [0.1, 0.15) is 11.1 Å². The van der Waals surface area contributed by atoms with Crippen molar-refractivity contribution in [1.29, 1.82) is 5.26 Å². The van der Waals surface area contributed by atoms with E-state index in [-0.39, 0.29) is 6.54 Å². The van der Waals surface area contributed by atoms with Crippen molar-refractivity contribution in [2.45, 2.75) is 6.54 Å². The van der Waals surface area contributed by atoms with Gasteiger partial charge in [0, 0.05) is 38.2 Å². The van der Waals surface area contributed by atoms with Crippen LogP contribution in [0.2, 0.25) is 0 Å². The predicted molar refractivity (Wildman–Crippen MR) is 76.9 cm³/mol. The lowest BCUT2D eigenvalue weighted by Crippen LogP contribution is -2.32. The minimum atomic E-state index is -0.895. The van der Waals surface area contributed by atoms with Crippen LogP contribution in [-0.2, 0) is 16.1 Å². The molecule has 0 fully saturated rings. The number of rotatable bonds is 7. The minimum absolute atomic E-state index is 0.0829. The van der Waals surface area contributed by atoms with Gasteiger partial charge in [0.15, 0.2) is 0 Å². The molecule has 0 aliphatic carbocycles. The average molecular weight is 287 g/mol. The highest BCUT2D eigenvalue weighted by Gasteiger charge is 2.15. The largest absolute Gasteiger partial charge is 0.480 e. The zero-order valence-electron chi connectivity index (χ0n) is 11.8. The van der Waals surface area contributed by atoms with E-state index in [9.17, 15) is 10.1 Å². The van der Waals surface area contributed by atoms with E-state index in [0.29, 0.717) is 25.3 Å². The third-order valence-electron chi connectivity index (χ3n) is 3.24. The van der Waals surface area contributed by atoms with Crippen molar-refractivity contribution in [3.05, 3.63) is 41.7 Å². The molecular formula is C15H17N3O3. The fourth-order valence-electron chi connectivity index (χ4n) is 2.29. The van der Waals surface area contributed by atoms with Crippen LogP contribution in [0.5, 0.6) is 0 Å². The van der Waals surface area contributed by atoms with Crippen LogP contribution in [0.4, 0.5) is 0 Å². The Hall–Kier alpha value is -2.36. The molecule has 110 valence electrons. The van der Waals surface area contributed by atoms with Gasteiger partial charge in [-0.1, -0.05) is 6.07 Å². The highest BCUT2D eigenvalue weighted by Crippen LogP contribution is 2.19. The summed E-state index contributed by atoms with van der Waals surface area (Å²) in [6, 6.07) is 7.84. The molecule has 0 unspecified atom stereocenters. The fraction of sp³-hybridized carbons (Fsp3) is 0.333. The van der Waals surface area contributed by atoms with Crippen LogP contribution in [0, 0.1) is 11.3 Å². The van der Waals surface area contributed by atoms with Gasteiger partial charge >= 0.3 is 5.97 Å². The Balaban J connectivity index is 2.27. The van der Waals surface area contributed by atoms with Gasteiger partial charge in [0.1, 0.15) is 6.07 Å². The normalized spacial score (nSPS) is 10.9. The van der Waals surface area contributed by atoms with E-state index in [1.54, 1.807) is 12.0 Å². The van der Waals surface area contributed by atoms with Gasteiger partial charge in [-0.05, 0) is 12.1 Å². The summed E-state index contributed by atoms with van der Waals surface area (Å²) in [4.78, 5) is 12.7. The Morgan fingerprint density at radius 3 is 3.00 bits per heavy atom. The van der Waals surface area contributed by atoms with Crippen molar-refractivity contribution < 1.29 is 14.6 Å². The summed E-state index contributed by atoms with van der Waals surface area (Å²) in [5.74, 6) is -0.895. The molecule has 0 spiro atoms. The topological polar surface area (TPSA) is 78.0 Å². The molecule has 0 saturated carbocycles. The summed E-state index contributed by atoms with van der Waals surface area (Å²) in [5.41, 5.74) is 2.24. The predicted octanol–water partition coefficient (Wildman–Crippen LogP) is 1.34. The van der Waals surface area contributed by atoms with Crippen LogP contribution in [0.3, 0.4) is 0 Å². The first-order chi connectivity index (χ1) is 10.2. The summed E-state index contributed by atoms with van der Waals surface area (Å²) in [6.07, 6.45) is 3.74. The molecule has 2 aromatic heterocycles. The molecule has 6 heteroatoms. The Morgan fingerprint density at radius 2 is 2.33 bits per heavy atom. The van der Waals surface area contributed by atoms with Crippen molar-refractivity contribution in [1.82, 2.24) is 9.30 Å². The molecular weight excluding hydrogens is 270 g/mol. The first-order valence-electron chi connectivity index (χ1n) is 6.57. The van der Waals surface area contributed by atoms with Crippen molar-refractivity contribution in [2.24, 2.45) is 0 Å². The number of carbonyl (C=O) groups is 1. The molecule has 2 rings (SSSR count). The van der Waals surface area contributed by atoms with Gasteiger partial charge in [0.05, 0.1) is 24.2 Å². The number of carboxylic acids is 1. The first kappa shape index (κ1) is 15.0. The number of aromatic nitrogens is 1. The summed E-state index contributed by atoms with van der Waals surface area (Å²) < 4.78 is 6.88. The molecule has 2 heterocycles. The number of nitriles is 1. The van der Waals surface area contributed by atoms with Gasteiger partial charge in [-0.2, -0.15) is 5.26 Å². The number of carboxylic acid groups (broad SMARTS) is 1. The molecule has 0 radical (unpaired) electrons. The first-order valence-corrected chi connectivity index (χ1v) is 6.57. The molecule has 0 aliphatic rings. The van der Waals surface area contributed by atoms with Crippen LogP contribution < -0.4 is 0 Å². The molecule has 0 aliphatic heterocycles. The van der Waals surface area contributed by atoms with Crippen LogP contribution in [0.15, 0.2) is 30.6 Å². The number of fused-ring (bicyclic) bond motifs is 1. The molecule has 6 nitrogen and oxygen atoms in total. The lowest BCUT2D eigenvalue weighted by Gasteiger charge is -2.19. The van der Waals surface area contributed by atoms with E-state index in [2.05, 4.69) is 6.07 Å². The number of aliphatic carboxylic acids is 1. The Morgan fingerprint density at radius 1 is 1.52 bits per heavy atom. The lowest BCUT2D eigenvalue weighted by atomic mass is 10.1. The van der Waals surface area contributed by atoms with E-state index in [4.69, 9.17) is 9.84 Å². The third kappa shape index (κ3) is 3.60. The summed E-state index contributed by atoms with van der Waals surface area (Å²) in [6.45, 7) is 1.27. The summed E-state index contributed by atoms with van der Waals surface area (Å²) in [5, 5.41) is 18.3. The van der Waals surface area contributed by atoms with Gasteiger partial charge < -0.3 is 14.2 Å². The van der Waals surface area contributed by atoms with Crippen LogP contribution in [-0.4, -0.2) is 47.2 Å². The van der Waals surface area contributed by atoms with Crippen molar-refractivity contribution in [3.8, 4) is 6.07 Å². The van der Waals surface area contributed by atoms with E-state index in [0.717, 1.165) is 11.1 Å². The number of methoxy groups -OCH3 is 1. The van der Waals surface area contributed by atoms with E-state index in [1.165, 1.54) is 0 Å². The highest BCUT2D eigenvalue weighted by molar-refractivity contribution is 5.69. The van der Waals surface area contributed by atoms with Gasteiger partial charge in [0.25, 0.3) is 0 Å². The Labute approximate surface area is 122 Å². The molecule has 0 aromatic carbocycles. The summed E-state index contributed by atoms with van der Waals surface area (Å²) >= 11 is 0. The zero-order valence-corrected chi connectivity index (χ0v) is 11.8. The molecule has 2 aromatic rings. The zero-order chi connectivity index (χ0) is 15.2. The second-order valence-electron chi connectivity index (χ2n) is 4.73. The SMILES string of the molecule is COCCN(CC(=O)O)Cc1cn2ccccc2c1C#N. The molecule has 0 saturated heterocycles. The standard InChI is InChI=1S/C15H17N3O3/c1-21-7-6-17(11-15(19)20)9-12-10-18-5-3-2-4-14(18)13(12)8-16/h2-5,10H,6-7,9,11H2,1H3,(H,19,20). The van der Waals surface area contributed by atoms with Gasteiger partial charge in [0.2, 0.25) is 0 Å². The lowest BCUT2D eigenvalue weighted by molar-refractivity contribution is -0.138. The van der Waals surface area contributed by atoms with Crippen molar-refractivity contribution >= 4 is 11.5 Å². The quantitative estimate of drug-likeness (QED) is 0.831.